The molecule has 0 spiro atoms. The summed E-state index contributed by atoms with van der Waals surface area (Å²) in [5, 5.41) is 0. The number of aliphatic imine (C=N–C) groups is 2. The van der Waals surface area contributed by atoms with E-state index in [0.29, 0.717) is 0 Å². The van der Waals surface area contributed by atoms with Gasteiger partial charge in [-0.3, -0.25) is 9.98 Å². The molecule has 1 aromatic rings. The van der Waals surface area contributed by atoms with Crippen LogP contribution >= 0.6 is 0 Å². The van der Waals surface area contributed by atoms with Crippen molar-refractivity contribution in [2.45, 2.75) is 66.3 Å². The van der Waals surface area contributed by atoms with Gasteiger partial charge in [0.2, 0.25) is 0 Å². The second-order valence-corrected chi connectivity index (χ2v) is 6.07. The second kappa shape index (κ2) is 7.58. The van der Waals surface area contributed by atoms with Crippen molar-refractivity contribution in [3.05, 3.63) is 45.8 Å². The quantitative estimate of drug-likeness (QED) is 0.797. The molecule has 23 heavy (non-hydrogen) atoms. The van der Waals surface area contributed by atoms with Gasteiger partial charge in [-0.25, -0.2) is 0 Å². The molecular weight excluding hydrogens is 282 g/mol. The van der Waals surface area contributed by atoms with Crippen LogP contribution in [-0.4, -0.2) is 11.9 Å². The summed E-state index contributed by atoms with van der Waals surface area (Å²) in [6.45, 7) is 10.6. The third-order valence-electron chi connectivity index (χ3n) is 4.62. The molecule has 1 atom stereocenters. The normalized spacial score (nSPS) is 18.7. The van der Waals surface area contributed by atoms with E-state index in [1.807, 2.05) is 13.8 Å². The number of benzene rings is 1. The van der Waals surface area contributed by atoms with Gasteiger partial charge >= 0.3 is 0 Å². The zero-order valence-electron chi connectivity index (χ0n) is 15.1. The zero-order chi connectivity index (χ0) is 17.0. The average Bonchev–Trinajstić information content (AvgIpc) is 2.56. The van der Waals surface area contributed by atoms with Gasteiger partial charge in [0.25, 0.3) is 0 Å². The molecule has 0 fully saturated rings. The number of nitrogens with two attached hydrogens (primary N) is 1. The molecule has 1 heterocycles. The van der Waals surface area contributed by atoms with Gasteiger partial charge in [-0.05, 0) is 55.4 Å². The van der Waals surface area contributed by atoms with Crippen molar-refractivity contribution < 1.29 is 0 Å². The van der Waals surface area contributed by atoms with E-state index < -0.39 is 0 Å². The first-order valence-electron chi connectivity index (χ1n) is 8.72. The Balaban J connectivity index is 2.45. The van der Waals surface area contributed by atoms with Crippen LogP contribution in [0.1, 0.15) is 69.3 Å². The molecule has 0 amide bonds. The van der Waals surface area contributed by atoms with Crippen LogP contribution in [0.4, 0.5) is 0 Å². The summed E-state index contributed by atoms with van der Waals surface area (Å²) in [6.07, 6.45) is 5.76. The number of hydrogen-bond donors (Lipinski definition) is 1. The molecule has 0 saturated heterocycles. The summed E-state index contributed by atoms with van der Waals surface area (Å²) in [6, 6.07) is 4.79. The van der Waals surface area contributed by atoms with E-state index in [-0.39, 0.29) is 6.04 Å². The van der Waals surface area contributed by atoms with Crippen LogP contribution in [0.15, 0.2) is 33.5 Å². The summed E-state index contributed by atoms with van der Waals surface area (Å²) >= 11 is 0. The van der Waals surface area contributed by atoms with Gasteiger partial charge < -0.3 is 5.73 Å². The maximum absolute atomic E-state index is 6.27. The summed E-state index contributed by atoms with van der Waals surface area (Å²) in [7, 11) is 0. The third-order valence-corrected chi connectivity index (χ3v) is 4.62. The number of rotatable bonds is 5. The van der Waals surface area contributed by atoms with Crippen LogP contribution in [-0.2, 0) is 19.3 Å². The smallest absolute Gasteiger partial charge is 0.102 e. The minimum Gasteiger partial charge on any atom is -0.400 e. The van der Waals surface area contributed by atoms with Crippen molar-refractivity contribution in [1.29, 1.82) is 0 Å². The first kappa shape index (κ1) is 17.5. The molecule has 2 rings (SSSR count). The Bertz CT molecular complexity index is 640. The Morgan fingerprint density at radius 2 is 1.78 bits per heavy atom. The van der Waals surface area contributed by atoms with Gasteiger partial charge in [-0.1, -0.05) is 32.9 Å². The maximum Gasteiger partial charge on any atom is 0.102 e. The highest BCUT2D eigenvalue weighted by atomic mass is 14.9. The SMILES string of the molecule is CC=NC1=C(N)CC(c2cc(CC)c(CC)c(CC)c2)N=C1C. The molecule has 3 heteroatoms. The Hall–Kier alpha value is -1.90. The van der Waals surface area contributed by atoms with Crippen LogP contribution in [0.25, 0.3) is 0 Å². The van der Waals surface area contributed by atoms with Crippen molar-refractivity contribution in [2.75, 3.05) is 0 Å². The summed E-state index contributed by atoms with van der Waals surface area (Å²) in [5.41, 5.74) is 14.6. The molecule has 1 unspecified atom stereocenters. The predicted octanol–water partition coefficient (Wildman–Crippen LogP) is 4.54. The first-order chi connectivity index (χ1) is 11.0. The molecule has 1 aliphatic heterocycles. The highest BCUT2D eigenvalue weighted by molar-refractivity contribution is 6.00. The van der Waals surface area contributed by atoms with E-state index in [1.54, 1.807) is 6.21 Å². The largest absolute Gasteiger partial charge is 0.400 e. The number of hydrogen-bond acceptors (Lipinski definition) is 3. The number of dihydropyridines is 1. The minimum atomic E-state index is 0.118. The molecule has 1 aliphatic rings. The maximum atomic E-state index is 6.27. The number of allylic oxidation sites excluding steroid dienone is 1. The molecule has 124 valence electrons. The monoisotopic (exact) mass is 311 g/mol. The lowest BCUT2D eigenvalue weighted by atomic mass is 9.89. The number of nitrogens with zero attached hydrogens (tertiary/aromatic N) is 2. The van der Waals surface area contributed by atoms with Gasteiger partial charge in [-0.2, -0.15) is 0 Å². The first-order valence-corrected chi connectivity index (χ1v) is 8.72. The summed E-state index contributed by atoms with van der Waals surface area (Å²) < 4.78 is 0. The van der Waals surface area contributed by atoms with Crippen LogP contribution in [0.3, 0.4) is 0 Å². The molecule has 0 saturated carbocycles. The van der Waals surface area contributed by atoms with Crippen molar-refractivity contribution in [3.63, 3.8) is 0 Å². The van der Waals surface area contributed by atoms with Crippen LogP contribution in [0.5, 0.6) is 0 Å². The van der Waals surface area contributed by atoms with Gasteiger partial charge in [0, 0.05) is 18.3 Å². The van der Waals surface area contributed by atoms with Gasteiger partial charge in [0.15, 0.2) is 0 Å². The molecule has 1 aromatic carbocycles. The molecular formula is C20H29N3. The summed E-state index contributed by atoms with van der Waals surface area (Å²) in [5.74, 6) is 0. The molecule has 3 nitrogen and oxygen atoms in total. The van der Waals surface area contributed by atoms with Gasteiger partial charge in [-0.15, -0.1) is 0 Å². The van der Waals surface area contributed by atoms with Gasteiger partial charge in [0.05, 0.1) is 11.8 Å². The standard InChI is InChI=1S/C20H29N3/c1-6-14-10-16(11-15(7-2)17(14)8-3)19-12-18(21)20(22-9-4)13(5)23-19/h9-11,19H,6-8,12,21H2,1-5H3. The van der Waals surface area contributed by atoms with E-state index in [9.17, 15) is 0 Å². The number of aryl methyl sites for hydroxylation is 2. The van der Waals surface area contributed by atoms with Crippen LogP contribution in [0.2, 0.25) is 0 Å². The molecule has 2 N–H and O–H groups in total. The second-order valence-electron chi connectivity index (χ2n) is 6.07. The fraction of sp³-hybridized carbons (Fsp3) is 0.500. The van der Waals surface area contributed by atoms with E-state index >= 15 is 0 Å². The van der Waals surface area contributed by atoms with Crippen LogP contribution < -0.4 is 5.73 Å². The van der Waals surface area contributed by atoms with E-state index in [1.165, 1.54) is 22.3 Å². The topological polar surface area (TPSA) is 50.7 Å². The van der Waals surface area contributed by atoms with Crippen LogP contribution in [0, 0.1) is 0 Å². The molecule has 0 aromatic heterocycles. The molecule has 0 bridgehead atoms. The highest BCUT2D eigenvalue weighted by Gasteiger charge is 2.22. The molecule has 0 aliphatic carbocycles. The Labute approximate surface area is 140 Å². The highest BCUT2D eigenvalue weighted by Crippen LogP contribution is 2.33. The van der Waals surface area contributed by atoms with Gasteiger partial charge in [0.1, 0.15) is 5.70 Å². The predicted molar refractivity (Wildman–Crippen MR) is 100 cm³/mol. The lowest BCUT2D eigenvalue weighted by molar-refractivity contribution is 0.691. The third kappa shape index (κ3) is 3.54. The molecule has 0 radical (unpaired) electrons. The zero-order valence-corrected chi connectivity index (χ0v) is 15.1. The Morgan fingerprint density at radius 1 is 1.17 bits per heavy atom. The van der Waals surface area contributed by atoms with E-state index in [0.717, 1.165) is 42.8 Å². The van der Waals surface area contributed by atoms with Crippen molar-refractivity contribution in [1.82, 2.24) is 0 Å². The van der Waals surface area contributed by atoms with E-state index in [2.05, 4.69) is 37.9 Å². The fourth-order valence-electron chi connectivity index (χ4n) is 3.48. The fourth-order valence-corrected chi connectivity index (χ4v) is 3.48. The lowest BCUT2D eigenvalue weighted by Gasteiger charge is -2.23. The Kier molecular flexibility index (Phi) is 5.75. The minimum absolute atomic E-state index is 0.118. The van der Waals surface area contributed by atoms with Crippen molar-refractivity contribution >= 4 is 11.9 Å². The van der Waals surface area contributed by atoms with Crippen molar-refractivity contribution in [3.8, 4) is 0 Å². The average molecular weight is 311 g/mol. The lowest BCUT2D eigenvalue weighted by Crippen LogP contribution is -2.17. The van der Waals surface area contributed by atoms with Crippen molar-refractivity contribution in [2.24, 2.45) is 15.7 Å². The summed E-state index contributed by atoms with van der Waals surface area (Å²) in [4.78, 5) is 9.24. The Morgan fingerprint density at radius 3 is 2.22 bits per heavy atom. The van der Waals surface area contributed by atoms with E-state index in [4.69, 9.17) is 10.7 Å².